The first kappa shape index (κ1) is 19.9. The van der Waals surface area contributed by atoms with Gasteiger partial charge in [-0.25, -0.2) is 0 Å². The summed E-state index contributed by atoms with van der Waals surface area (Å²) in [7, 11) is 3.09. The van der Waals surface area contributed by atoms with Crippen molar-refractivity contribution in [2.24, 2.45) is 0 Å². The fraction of sp³-hybridized carbons (Fsp3) is 0.263. The van der Waals surface area contributed by atoms with Gasteiger partial charge in [-0.2, -0.15) is 0 Å². The van der Waals surface area contributed by atoms with Crippen LogP contribution in [0.15, 0.2) is 54.6 Å². The molecule has 1 N–H and O–H groups in total. The van der Waals surface area contributed by atoms with E-state index in [1.807, 2.05) is 30.3 Å². The van der Waals surface area contributed by atoms with Gasteiger partial charge >= 0.3 is 5.97 Å². The van der Waals surface area contributed by atoms with Crippen LogP contribution in [0.2, 0.25) is 0 Å². The summed E-state index contributed by atoms with van der Waals surface area (Å²) in [6.45, 7) is 0.0913. The van der Waals surface area contributed by atoms with Crippen molar-refractivity contribution in [2.75, 3.05) is 19.4 Å². The second-order valence-corrected chi connectivity index (χ2v) is 6.05. The maximum Gasteiger partial charge on any atom is 0.308 e. The van der Waals surface area contributed by atoms with E-state index in [-0.39, 0.29) is 30.3 Å². The first-order chi connectivity index (χ1) is 12.9. The highest BCUT2D eigenvalue weighted by atomic mass is 16.6. The highest BCUT2D eigenvalue weighted by Crippen LogP contribution is 2.24. The van der Waals surface area contributed by atoms with Crippen molar-refractivity contribution in [3.05, 3.63) is 70.3 Å². The summed E-state index contributed by atoms with van der Waals surface area (Å²) >= 11 is 0. The molecule has 0 aliphatic carbocycles. The van der Waals surface area contributed by atoms with Crippen LogP contribution in [0.4, 0.5) is 11.4 Å². The van der Waals surface area contributed by atoms with Crippen molar-refractivity contribution in [2.45, 2.75) is 19.1 Å². The van der Waals surface area contributed by atoms with Gasteiger partial charge in [0.1, 0.15) is 18.3 Å². The van der Waals surface area contributed by atoms with Gasteiger partial charge in [-0.15, -0.1) is 0 Å². The molecule has 27 heavy (non-hydrogen) atoms. The van der Waals surface area contributed by atoms with Gasteiger partial charge in [-0.3, -0.25) is 19.7 Å². The van der Waals surface area contributed by atoms with Crippen molar-refractivity contribution in [1.29, 1.82) is 0 Å². The Kier molecular flexibility index (Phi) is 6.87. The van der Waals surface area contributed by atoms with Crippen LogP contribution in [0.1, 0.15) is 12.0 Å². The van der Waals surface area contributed by atoms with Crippen molar-refractivity contribution < 1.29 is 19.2 Å². The molecule has 8 heteroatoms. The van der Waals surface area contributed by atoms with E-state index in [0.29, 0.717) is 0 Å². The number of nitro benzene ring substituents is 1. The lowest BCUT2D eigenvalue weighted by atomic mass is 10.1. The molecular weight excluding hydrogens is 350 g/mol. The van der Waals surface area contributed by atoms with E-state index >= 15 is 0 Å². The van der Waals surface area contributed by atoms with E-state index in [2.05, 4.69) is 5.32 Å². The van der Waals surface area contributed by atoms with E-state index in [0.717, 1.165) is 5.56 Å². The summed E-state index contributed by atoms with van der Waals surface area (Å²) in [5, 5.41) is 14.0. The molecule has 2 aromatic rings. The lowest BCUT2D eigenvalue weighted by molar-refractivity contribution is -0.384. The maximum absolute atomic E-state index is 12.4. The molecule has 142 valence electrons. The fourth-order valence-electron chi connectivity index (χ4n) is 2.42. The summed E-state index contributed by atoms with van der Waals surface area (Å²) in [5.41, 5.74) is 0.818. The summed E-state index contributed by atoms with van der Waals surface area (Å²) in [5.74, 6) is -0.963. The van der Waals surface area contributed by atoms with Gasteiger partial charge in [0.25, 0.3) is 5.69 Å². The molecule has 2 rings (SSSR count). The third-order valence-corrected chi connectivity index (χ3v) is 3.78. The van der Waals surface area contributed by atoms with E-state index in [4.69, 9.17) is 4.74 Å². The predicted molar refractivity (Wildman–Crippen MR) is 100 cm³/mol. The van der Waals surface area contributed by atoms with Gasteiger partial charge in [0.15, 0.2) is 0 Å². The van der Waals surface area contributed by atoms with Crippen molar-refractivity contribution in [3.8, 4) is 0 Å². The summed E-state index contributed by atoms with van der Waals surface area (Å²) in [6, 6.07) is 14.1. The Morgan fingerprint density at radius 3 is 2.37 bits per heavy atom. The zero-order valence-corrected chi connectivity index (χ0v) is 15.1. The average molecular weight is 371 g/mol. The molecule has 1 unspecified atom stereocenters. The number of ether oxygens (including phenoxy) is 1. The highest BCUT2D eigenvalue weighted by Gasteiger charge is 2.26. The van der Waals surface area contributed by atoms with Crippen LogP contribution >= 0.6 is 0 Å². The minimum absolute atomic E-state index is 0.0913. The first-order valence-electron chi connectivity index (χ1n) is 8.29. The topological polar surface area (TPSA) is 102 Å². The highest BCUT2D eigenvalue weighted by molar-refractivity contribution is 5.89. The third kappa shape index (κ3) is 5.81. The Bertz CT molecular complexity index is 808. The van der Waals surface area contributed by atoms with Gasteiger partial charge in [0, 0.05) is 20.2 Å². The quantitative estimate of drug-likeness (QED) is 0.435. The van der Waals surface area contributed by atoms with Gasteiger partial charge < -0.3 is 15.0 Å². The SMILES string of the molecule is CN(C)C(=O)C(CC(=O)OCc1ccccc1)Nc1ccccc1[N+](=O)[O-]. The van der Waals surface area contributed by atoms with Crippen LogP contribution in [-0.2, 0) is 20.9 Å². The lowest BCUT2D eigenvalue weighted by Gasteiger charge is -2.22. The largest absolute Gasteiger partial charge is 0.461 e. The average Bonchev–Trinajstić information content (AvgIpc) is 2.66. The van der Waals surface area contributed by atoms with Crippen molar-refractivity contribution in [1.82, 2.24) is 4.90 Å². The standard InChI is InChI=1S/C19H21N3O5/c1-21(2)19(24)16(20-15-10-6-7-11-17(15)22(25)26)12-18(23)27-13-14-8-4-3-5-9-14/h3-11,16,20H,12-13H2,1-2H3. The second-order valence-electron chi connectivity index (χ2n) is 6.05. The molecule has 8 nitrogen and oxygen atoms in total. The molecular formula is C19H21N3O5. The predicted octanol–water partition coefficient (Wildman–Crippen LogP) is 2.60. The van der Waals surface area contributed by atoms with Crippen LogP contribution < -0.4 is 5.32 Å². The minimum Gasteiger partial charge on any atom is -0.461 e. The Morgan fingerprint density at radius 1 is 1.11 bits per heavy atom. The number of nitro groups is 1. The van der Waals surface area contributed by atoms with Gasteiger partial charge in [0.05, 0.1) is 11.3 Å². The van der Waals surface area contributed by atoms with Crippen molar-refractivity contribution >= 4 is 23.3 Å². The maximum atomic E-state index is 12.4. The van der Waals surface area contributed by atoms with Gasteiger partial charge in [0.2, 0.25) is 5.91 Å². The van der Waals surface area contributed by atoms with Crippen LogP contribution in [-0.4, -0.2) is 41.8 Å². The number of nitrogens with one attached hydrogen (secondary N) is 1. The summed E-state index contributed by atoms with van der Waals surface area (Å²) in [6.07, 6.45) is -0.254. The molecule has 1 atom stereocenters. The lowest BCUT2D eigenvalue weighted by Crippen LogP contribution is -2.40. The van der Waals surface area contributed by atoms with E-state index in [1.165, 1.54) is 23.1 Å². The van der Waals surface area contributed by atoms with E-state index in [9.17, 15) is 19.7 Å². The number of hydrogen-bond donors (Lipinski definition) is 1. The van der Waals surface area contributed by atoms with E-state index in [1.54, 1.807) is 20.2 Å². The minimum atomic E-state index is -0.982. The number of nitrogens with zero attached hydrogens (tertiary/aromatic N) is 2. The molecule has 0 radical (unpaired) electrons. The smallest absolute Gasteiger partial charge is 0.308 e. The summed E-state index contributed by atoms with van der Waals surface area (Å²) in [4.78, 5) is 36.6. The van der Waals surface area contributed by atoms with Gasteiger partial charge in [-0.05, 0) is 11.6 Å². The molecule has 1 amide bonds. The van der Waals surface area contributed by atoms with Gasteiger partial charge in [-0.1, -0.05) is 42.5 Å². The number of rotatable bonds is 8. The number of carbonyl (C=O) groups excluding carboxylic acids is 2. The molecule has 0 saturated carbocycles. The van der Waals surface area contributed by atoms with Crippen LogP contribution in [0.3, 0.4) is 0 Å². The molecule has 0 aliphatic heterocycles. The third-order valence-electron chi connectivity index (χ3n) is 3.78. The fourth-order valence-corrected chi connectivity index (χ4v) is 2.42. The molecule has 0 spiro atoms. The number of esters is 1. The number of amides is 1. The van der Waals surface area contributed by atoms with Crippen LogP contribution in [0.5, 0.6) is 0 Å². The number of carbonyl (C=O) groups is 2. The zero-order chi connectivity index (χ0) is 19.8. The molecule has 0 heterocycles. The molecule has 0 aromatic heterocycles. The zero-order valence-electron chi connectivity index (χ0n) is 15.1. The van der Waals surface area contributed by atoms with Crippen LogP contribution in [0, 0.1) is 10.1 Å². The number of likely N-dealkylation sites (N-methyl/N-ethyl adjacent to an activating group) is 1. The molecule has 0 saturated heterocycles. The molecule has 0 aliphatic rings. The normalized spacial score (nSPS) is 11.3. The monoisotopic (exact) mass is 371 g/mol. The second kappa shape index (κ2) is 9.33. The first-order valence-corrected chi connectivity index (χ1v) is 8.29. The summed E-state index contributed by atoms with van der Waals surface area (Å²) < 4.78 is 5.22. The Hall–Kier alpha value is -3.42. The Balaban J connectivity index is 2.09. The molecule has 2 aromatic carbocycles. The van der Waals surface area contributed by atoms with Crippen molar-refractivity contribution in [3.63, 3.8) is 0 Å². The molecule has 0 fully saturated rings. The number of anilines is 1. The number of hydrogen-bond acceptors (Lipinski definition) is 6. The number of para-hydroxylation sites is 2. The Labute approximate surface area is 156 Å². The molecule has 0 bridgehead atoms. The Morgan fingerprint density at radius 2 is 1.74 bits per heavy atom. The van der Waals surface area contributed by atoms with E-state index < -0.39 is 16.9 Å². The van der Waals surface area contributed by atoms with Crippen LogP contribution in [0.25, 0.3) is 0 Å². The number of benzene rings is 2.